The molecule has 2 aliphatic carbocycles. The molecule has 2 saturated carbocycles. The number of fused-ring (bicyclic) bond motifs is 14. The number of aryl methyl sites for hydroxylation is 1. The second-order valence-electron chi connectivity index (χ2n) is 15.7. The van der Waals surface area contributed by atoms with Crippen LogP contribution >= 0.6 is 0 Å². The first-order chi connectivity index (χ1) is 30.5. The molecule has 2 aromatic carbocycles. The molecule has 344 valence electrons. The first-order valence-corrected chi connectivity index (χ1v) is 22.6. The van der Waals surface area contributed by atoms with Crippen LogP contribution < -0.4 is 26.6 Å². The number of hydrogen-bond donors (Lipinski definition) is 6. The second kappa shape index (κ2) is 31.2. The first kappa shape index (κ1) is 53.4. The number of likely N-dealkylation sites (N-methyl/N-ethyl adjacent to an activating group) is 1. The summed E-state index contributed by atoms with van der Waals surface area (Å²) >= 11 is 0. The molecular formula is C50H71N5O8. The van der Waals surface area contributed by atoms with Crippen LogP contribution in [-0.4, -0.2) is 79.0 Å². The molecule has 0 aromatic heterocycles. The van der Waals surface area contributed by atoms with Gasteiger partial charge in [0.15, 0.2) is 12.3 Å². The summed E-state index contributed by atoms with van der Waals surface area (Å²) in [5.41, 5.74) is 4.97. The monoisotopic (exact) mass is 870 g/mol. The maximum Gasteiger partial charge on any atom is 0.330 e. The number of benzene rings is 2. The standard InChI is InChI=1S/C31H39N3O5.C11H14N2O3.C6H12.C2H6/c1-3-6-23-17-25(24-14-15-24)16-22-12-10-21(11-13-22)8-5-9-29(37)32-19-30(38)33-27(18-23)31(39)34-26(7-4-2)28(36)20-35;1-12-7-9(14)13-10(11(15)16)8-5-3-2-4-6-8;1-2-4-6-5-3-1;1-2/h3,6,10-13,17,20,24,26-27H,1,4-5,7-9,14-16,18-19H2,2H3,(H,32,37)(H,33,38)(H,34,39);2-6,10,12H,7H2,1H3,(H,13,14)(H,15,16);1-6H2;1-2H3/b23-6+,25-17?;;;. The Morgan fingerprint density at radius 1 is 0.857 bits per heavy atom. The van der Waals surface area contributed by atoms with Crippen molar-refractivity contribution in [3.05, 3.63) is 107 Å². The number of Topliss-reactive ketones (excluding diaryl/α,β-unsaturated/α-hetero) is 1. The highest BCUT2D eigenvalue weighted by Crippen LogP contribution is 2.39. The van der Waals surface area contributed by atoms with Gasteiger partial charge in [0.25, 0.3) is 0 Å². The van der Waals surface area contributed by atoms with Crippen molar-refractivity contribution in [1.29, 1.82) is 0 Å². The van der Waals surface area contributed by atoms with Gasteiger partial charge in [0.05, 0.1) is 19.1 Å². The topological polar surface area (TPSA) is 200 Å². The van der Waals surface area contributed by atoms with Crippen LogP contribution in [0.5, 0.6) is 0 Å². The molecule has 0 radical (unpaired) electrons. The summed E-state index contributed by atoms with van der Waals surface area (Å²) in [6.45, 7) is 9.49. The normalized spacial score (nSPS) is 18.4. The van der Waals surface area contributed by atoms with Crippen LogP contribution in [0.4, 0.5) is 0 Å². The highest BCUT2D eigenvalue weighted by molar-refractivity contribution is 6.28. The third kappa shape index (κ3) is 21.8. The summed E-state index contributed by atoms with van der Waals surface area (Å²) in [5, 5.41) is 22.1. The van der Waals surface area contributed by atoms with Crippen molar-refractivity contribution in [2.75, 3.05) is 20.1 Å². The number of carbonyl (C=O) groups excluding carboxylic acids is 6. The minimum Gasteiger partial charge on any atom is -0.479 e. The van der Waals surface area contributed by atoms with E-state index < -0.39 is 41.7 Å². The average Bonchev–Trinajstić information content (AvgIpc) is 4.15. The van der Waals surface area contributed by atoms with Gasteiger partial charge in [-0.25, -0.2) is 4.79 Å². The molecule has 6 rings (SSSR count). The molecule has 4 aliphatic rings. The Kier molecular flexibility index (Phi) is 26.5. The van der Waals surface area contributed by atoms with Gasteiger partial charge in [0.1, 0.15) is 6.04 Å². The maximum atomic E-state index is 13.3. The number of carbonyl (C=O) groups is 7. The molecule has 3 atom stereocenters. The molecule has 63 heavy (non-hydrogen) atoms. The van der Waals surface area contributed by atoms with Crippen molar-refractivity contribution in [2.45, 2.75) is 135 Å². The van der Waals surface area contributed by atoms with Gasteiger partial charge in [-0.3, -0.25) is 28.8 Å². The van der Waals surface area contributed by atoms with Crippen LogP contribution in [0.1, 0.15) is 127 Å². The molecular weight excluding hydrogens is 799 g/mol. The lowest BCUT2D eigenvalue weighted by molar-refractivity contribution is -0.141. The van der Waals surface area contributed by atoms with Crippen molar-refractivity contribution in [1.82, 2.24) is 26.6 Å². The summed E-state index contributed by atoms with van der Waals surface area (Å²) in [6.07, 6.45) is 20.5. The van der Waals surface area contributed by atoms with Crippen molar-refractivity contribution in [2.24, 2.45) is 5.92 Å². The fraction of sp³-hybridized carbons (Fsp3) is 0.500. The van der Waals surface area contributed by atoms with Crippen LogP contribution in [0.2, 0.25) is 0 Å². The molecule has 3 unspecified atom stereocenters. The number of allylic oxidation sites excluding steroid dienone is 4. The lowest BCUT2D eigenvalue weighted by atomic mass is 9.94. The Morgan fingerprint density at radius 2 is 1.48 bits per heavy atom. The molecule has 0 spiro atoms. The molecule has 2 aliphatic heterocycles. The number of rotatable bonds is 13. The zero-order valence-corrected chi connectivity index (χ0v) is 37.8. The summed E-state index contributed by atoms with van der Waals surface area (Å²) < 4.78 is 0. The quantitative estimate of drug-likeness (QED) is 0.0952. The number of carboxylic acid groups (broad SMARTS) is 1. The largest absolute Gasteiger partial charge is 0.479 e. The first-order valence-electron chi connectivity index (χ1n) is 22.6. The number of amides is 4. The van der Waals surface area contributed by atoms with E-state index >= 15 is 0 Å². The number of carboxylic acids is 1. The summed E-state index contributed by atoms with van der Waals surface area (Å²) in [5.74, 6) is -2.99. The Hall–Kier alpha value is -5.69. The lowest BCUT2D eigenvalue weighted by Crippen LogP contribution is -2.53. The van der Waals surface area contributed by atoms with E-state index in [2.05, 4.69) is 63.5 Å². The van der Waals surface area contributed by atoms with E-state index in [0.29, 0.717) is 30.7 Å². The van der Waals surface area contributed by atoms with Gasteiger partial charge in [-0.2, -0.15) is 0 Å². The minimum atomic E-state index is -1.07. The van der Waals surface area contributed by atoms with Crippen LogP contribution in [-0.2, 0) is 46.4 Å². The minimum absolute atomic E-state index is 0.0939. The van der Waals surface area contributed by atoms with Crippen LogP contribution in [0.15, 0.2) is 90.6 Å². The Labute approximate surface area is 374 Å². The third-order valence-corrected chi connectivity index (χ3v) is 10.5. The zero-order valence-electron chi connectivity index (χ0n) is 37.8. The highest BCUT2D eigenvalue weighted by Gasteiger charge is 2.29. The van der Waals surface area contributed by atoms with Gasteiger partial charge < -0.3 is 31.7 Å². The van der Waals surface area contributed by atoms with Crippen LogP contribution in [0.3, 0.4) is 0 Å². The molecule has 6 N–H and O–H groups in total. The smallest absolute Gasteiger partial charge is 0.330 e. The molecule has 13 nitrogen and oxygen atoms in total. The molecule has 2 fully saturated rings. The van der Waals surface area contributed by atoms with Gasteiger partial charge in [-0.05, 0) is 73.8 Å². The van der Waals surface area contributed by atoms with Gasteiger partial charge in [0, 0.05) is 12.8 Å². The van der Waals surface area contributed by atoms with E-state index in [1.165, 1.54) is 49.7 Å². The van der Waals surface area contributed by atoms with Gasteiger partial charge in [-0.15, -0.1) is 0 Å². The maximum absolute atomic E-state index is 13.3. The van der Waals surface area contributed by atoms with Crippen molar-refractivity contribution >= 4 is 41.7 Å². The SMILES string of the molecule is C1CCCCC1.C=C/C=C1\C=C(C2CC2)Cc2ccc(cc2)CCCC(=O)NCC(=O)NC(C(=O)NC(CCC)C(=O)C=O)C1.CC.CNCC(=O)NC(C(=O)O)c1ccccc1. The average molecular weight is 870 g/mol. The van der Waals surface area contributed by atoms with Gasteiger partial charge in [0.2, 0.25) is 29.4 Å². The van der Waals surface area contributed by atoms with Crippen LogP contribution in [0, 0.1) is 5.92 Å². The van der Waals surface area contributed by atoms with E-state index in [1.54, 1.807) is 43.5 Å². The summed E-state index contributed by atoms with van der Waals surface area (Å²) in [4.78, 5) is 83.9. The summed E-state index contributed by atoms with van der Waals surface area (Å²) in [6, 6.07) is 14.1. The fourth-order valence-corrected chi connectivity index (χ4v) is 7.10. The molecule has 13 heteroatoms. The van der Waals surface area contributed by atoms with Crippen molar-refractivity contribution in [3.63, 3.8) is 0 Å². The Bertz CT molecular complexity index is 1810. The predicted molar refractivity (Wildman–Crippen MR) is 248 cm³/mol. The fourth-order valence-electron chi connectivity index (χ4n) is 7.10. The molecule has 4 amide bonds. The molecule has 2 heterocycles. The van der Waals surface area contributed by atoms with Gasteiger partial charge >= 0.3 is 5.97 Å². The Balaban J connectivity index is 0.000000463. The number of hydrogen-bond acceptors (Lipinski definition) is 8. The third-order valence-electron chi connectivity index (χ3n) is 10.5. The van der Waals surface area contributed by atoms with Crippen molar-refractivity contribution < 1.29 is 38.7 Å². The lowest BCUT2D eigenvalue weighted by Gasteiger charge is -2.23. The van der Waals surface area contributed by atoms with Gasteiger partial charge in [-0.1, -0.05) is 151 Å². The number of ketones is 1. The van der Waals surface area contributed by atoms with Crippen molar-refractivity contribution in [3.8, 4) is 0 Å². The zero-order chi connectivity index (χ0) is 46.4. The second-order valence-corrected chi connectivity index (χ2v) is 15.7. The van der Waals surface area contributed by atoms with E-state index in [-0.39, 0.29) is 44.0 Å². The molecule has 2 aromatic rings. The highest BCUT2D eigenvalue weighted by atomic mass is 16.4. The van der Waals surface area contributed by atoms with E-state index in [4.69, 9.17) is 5.11 Å². The Morgan fingerprint density at radius 3 is 2.02 bits per heavy atom. The number of nitrogens with one attached hydrogen (secondary N) is 5. The number of aldehydes is 1. The predicted octanol–water partition coefficient (Wildman–Crippen LogP) is 6.57. The molecule has 0 saturated heterocycles. The molecule has 2 bridgehead atoms. The number of aliphatic carboxylic acids is 1. The van der Waals surface area contributed by atoms with E-state index in [0.717, 1.165) is 36.8 Å². The van der Waals surface area contributed by atoms with Crippen LogP contribution in [0.25, 0.3) is 0 Å². The summed E-state index contributed by atoms with van der Waals surface area (Å²) in [7, 11) is 1.62. The van der Waals surface area contributed by atoms with E-state index in [9.17, 15) is 33.6 Å². The van der Waals surface area contributed by atoms with E-state index in [1.807, 2.05) is 26.8 Å².